The van der Waals surface area contributed by atoms with Crippen molar-refractivity contribution in [2.45, 2.75) is 12.8 Å². The number of nitrogens with one attached hydrogen (secondary N) is 4. The van der Waals surface area contributed by atoms with Gasteiger partial charge >= 0.3 is 0 Å². The molecule has 0 atom stereocenters. The molecule has 0 saturated carbocycles. The molecule has 404 valence electrons. The van der Waals surface area contributed by atoms with Gasteiger partial charge in [0.2, 0.25) is 0 Å². The van der Waals surface area contributed by atoms with Crippen molar-refractivity contribution >= 4 is 23.6 Å². The molecule has 4 aromatic carbocycles. The lowest BCUT2D eigenvalue weighted by atomic mass is 10.1. The third-order valence-corrected chi connectivity index (χ3v) is 12.8. The second kappa shape index (κ2) is 30.9. The van der Waals surface area contributed by atoms with Crippen molar-refractivity contribution in [2.75, 3.05) is 162 Å². The summed E-state index contributed by atoms with van der Waals surface area (Å²) in [6.45, 7) is 9.55. The van der Waals surface area contributed by atoms with Gasteiger partial charge < -0.3 is 78.8 Å². The van der Waals surface area contributed by atoms with Crippen LogP contribution in [-0.4, -0.2) is 205 Å². The molecule has 0 aromatic heterocycles. The zero-order valence-corrected chi connectivity index (χ0v) is 44.3. The summed E-state index contributed by atoms with van der Waals surface area (Å²) >= 11 is 0. The minimum atomic E-state index is -0.267. The number of amides is 4. The normalized spacial score (nSPS) is 14.4. The molecule has 74 heavy (non-hydrogen) atoms. The van der Waals surface area contributed by atoms with E-state index in [2.05, 4.69) is 40.9 Å². The molecule has 4 amide bonds. The number of carbonyl (C=O) groups is 4. The highest BCUT2D eigenvalue weighted by Crippen LogP contribution is 2.33. The van der Waals surface area contributed by atoms with Crippen LogP contribution in [0.1, 0.15) is 54.3 Å². The SMILES string of the molecule is COc1cccc(C(=O)NCCN2CCCN(CCNC(=O)c3cccc(OC)c3OC)CCN(CCNC(=O)c3cccc(OC)c3OC)CCCN(CCNC(=O)c3cccc(OC)c3OC)CC2)c1OC. The summed E-state index contributed by atoms with van der Waals surface area (Å²) in [5, 5.41) is 12.3. The Morgan fingerprint density at radius 3 is 0.743 bits per heavy atom. The number of ether oxygens (including phenoxy) is 8. The third kappa shape index (κ3) is 16.5. The molecule has 5 rings (SSSR count). The second-order valence-electron chi connectivity index (χ2n) is 17.3. The number of benzene rings is 4. The van der Waals surface area contributed by atoms with Crippen LogP contribution in [0.4, 0.5) is 0 Å². The molecule has 1 fully saturated rings. The van der Waals surface area contributed by atoms with Crippen LogP contribution >= 0.6 is 0 Å². The Hall–Kier alpha value is -7.00. The van der Waals surface area contributed by atoms with E-state index in [9.17, 15) is 19.2 Å². The van der Waals surface area contributed by atoms with E-state index in [1.54, 1.807) is 72.8 Å². The lowest BCUT2D eigenvalue weighted by Crippen LogP contribution is -2.46. The first-order valence-electron chi connectivity index (χ1n) is 24.9. The fourth-order valence-electron chi connectivity index (χ4n) is 8.90. The van der Waals surface area contributed by atoms with E-state index in [4.69, 9.17) is 37.9 Å². The summed E-state index contributed by atoms with van der Waals surface area (Å²) in [6.07, 6.45) is 1.60. The first-order chi connectivity index (χ1) is 36.0. The van der Waals surface area contributed by atoms with Crippen LogP contribution in [0.5, 0.6) is 46.0 Å². The van der Waals surface area contributed by atoms with Gasteiger partial charge in [-0.25, -0.2) is 0 Å². The zero-order chi connectivity index (χ0) is 53.2. The van der Waals surface area contributed by atoms with E-state index in [0.717, 1.165) is 39.0 Å². The van der Waals surface area contributed by atoms with E-state index >= 15 is 0 Å². The molecule has 0 bridgehead atoms. The standard InChI is InChI=1S/C54H76N8O12/c1-67-43-19-9-15-39(47(43)71-5)51(63)55-23-31-59-27-13-28-61(33-25-57-53(65)41-17-11-21-45(69-3)49(41)73-7)37-38-62(34-26-58-54(66)42-18-12-22-46(70-4)50(42)74-8)30-14-29-60(36-35-59)32-24-56-52(64)40-16-10-20-44(68-2)48(40)72-6/h9-12,15-22H,13-14,23-38H2,1-8H3,(H,55,63)(H,56,64)(H,57,65)(H,58,66). The summed E-state index contributed by atoms with van der Waals surface area (Å²) in [5.74, 6) is 2.30. The Balaban J connectivity index is 1.33. The van der Waals surface area contributed by atoms with Gasteiger partial charge in [-0.3, -0.25) is 19.2 Å². The monoisotopic (exact) mass is 1030 g/mol. The highest BCUT2D eigenvalue weighted by Gasteiger charge is 2.22. The van der Waals surface area contributed by atoms with Crippen LogP contribution < -0.4 is 59.2 Å². The lowest BCUT2D eigenvalue weighted by molar-refractivity contribution is 0.0923. The van der Waals surface area contributed by atoms with Crippen molar-refractivity contribution in [1.82, 2.24) is 40.9 Å². The van der Waals surface area contributed by atoms with E-state index in [1.807, 2.05) is 0 Å². The van der Waals surface area contributed by atoms with Crippen molar-refractivity contribution < 1.29 is 57.1 Å². The smallest absolute Gasteiger partial charge is 0.255 e. The van der Waals surface area contributed by atoms with E-state index < -0.39 is 0 Å². The topological polar surface area (TPSA) is 203 Å². The van der Waals surface area contributed by atoms with Crippen LogP contribution in [0.3, 0.4) is 0 Å². The highest BCUT2D eigenvalue weighted by molar-refractivity contribution is 5.99. The fraction of sp³-hybridized carbons (Fsp3) is 0.481. The maximum Gasteiger partial charge on any atom is 0.255 e. The molecule has 0 spiro atoms. The molecule has 4 aromatic rings. The molecule has 1 aliphatic heterocycles. The summed E-state index contributed by atoms with van der Waals surface area (Å²) in [7, 11) is 12.2. The Kier molecular flexibility index (Phi) is 24.2. The highest BCUT2D eigenvalue weighted by atomic mass is 16.5. The molecule has 20 nitrogen and oxygen atoms in total. The third-order valence-electron chi connectivity index (χ3n) is 12.8. The van der Waals surface area contributed by atoms with Crippen LogP contribution in [0.25, 0.3) is 0 Å². The average molecular weight is 1030 g/mol. The molecule has 0 unspecified atom stereocenters. The van der Waals surface area contributed by atoms with Gasteiger partial charge in [-0.2, -0.15) is 0 Å². The van der Waals surface area contributed by atoms with Crippen LogP contribution in [0.15, 0.2) is 72.8 Å². The molecule has 1 aliphatic rings. The van der Waals surface area contributed by atoms with Crippen molar-refractivity contribution in [1.29, 1.82) is 0 Å². The molecule has 0 radical (unpaired) electrons. The number of rotatable bonds is 24. The number of para-hydroxylation sites is 4. The minimum Gasteiger partial charge on any atom is -0.493 e. The fourth-order valence-corrected chi connectivity index (χ4v) is 8.90. The zero-order valence-electron chi connectivity index (χ0n) is 44.3. The predicted octanol–water partition coefficient (Wildman–Crippen LogP) is 3.78. The Morgan fingerprint density at radius 2 is 0.554 bits per heavy atom. The second-order valence-corrected chi connectivity index (χ2v) is 17.3. The van der Waals surface area contributed by atoms with Crippen molar-refractivity contribution in [3.8, 4) is 46.0 Å². The van der Waals surface area contributed by atoms with Gasteiger partial charge in [0.05, 0.1) is 79.1 Å². The molecule has 20 heteroatoms. The average Bonchev–Trinajstić information content (AvgIpc) is 3.43. The van der Waals surface area contributed by atoms with Crippen molar-refractivity contribution in [3.05, 3.63) is 95.1 Å². The van der Waals surface area contributed by atoms with Gasteiger partial charge in [-0.05, 0) is 87.6 Å². The molecule has 0 aliphatic carbocycles. The van der Waals surface area contributed by atoms with Gasteiger partial charge in [0.15, 0.2) is 46.0 Å². The van der Waals surface area contributed by atoms with Crippen LogP contribution in [-0.2, 0) is 0 Å². The summed E-state index contributed by atoms with van der Waals surface area (Å²) in [6, 6.07) is 20.9. The number of hydrogen-bond acceptors (Lipinski definition) is 16. The number of carbonyl (C=O) groups excluding carboxylic acids is 4. The van der Waals surface area contributed by atoms with Crippen LogP contribution in [0, 0.1) is 0 Å². The van der Waals surface area contributed by atoms with E-state index in [0.29, 0.717) is 147 Å². The number of nitrogens with zero attached hydrogens (tertiary/aromatic N) is 4. The van der Waals surface area contributed by atoms with Gasteiger partial charge in [-0.1, -0.05) is 24.3 Å². The molecule has 1 heterocycles. The Labute approximate surface area is 435 Å². The van der Waals surface area contributed by atoms with Gasteiger partial charge in [0.25, 0.3) is 23.6 Å². The maximum atomic E-state index is 13.5. The Bertz CT molecular complexity index is 2100. The number of methoxy groups -OCH3 is 8. The molecular formula is C54H76N8O12. The quantitative estimate of drug-likeness (QED) is 0.0789. The summed E-state index contributed by atoms with van der Waals surface area (Å²) < 4.78 is 43.9. The first-order valence-corrected chi connectivity index (χ1v) is 24.9. The lowest BCUT2D eigenvalue weighted by Gasteiger charge is -2.32. The van der Waals surface area contributed by atoms with Gasteiger partial charge in [0.1, 0.15) is 0 Å². The molecule has 4 N–H and O–H groups in total. The van der Waals surface area contributed by atoms with Crippen LogP contribution in [0.2, 0.25) is 0 Å². The summed E-state index contributed by atoms with van der Waals surface area (Å²) in [5.41, 5.74) is 1.53. The van der Waals surface area contributed by atoms with Crippen molar-refractivity contribution in [2.24, 2.45) is 0 Å². The van der Waals surface area contributed by atoms with E-state index in [-0.39, 0.29) is 23.6 Å². The first kappa shape index (κ1) is 57.9. The van der Waals surface area contributed by atoms with E-state index in [1.165, 1.54) is 56.9 Å². The van der Waals surface area contributed by atoms with Crippen molar-refractivity contribution in [3.63, 3.8) is 0 Å². The number of hydrogen-bond donors (Lipinski definition) is 4. The Morgan fingerprint density at radius 1 is 0.338 bits per heavy atom. The maximum absolute atomic E-state index is 13.5. The van der Waals surface area contributed by atoms with Gasteiger partial charge in [0, 0.05) is 78.5 Å². The largest absolute Gasteiger partial charge is 0.493 e. The molecular weight excluding hydrogens is 953 g/mol. The molecule has 1 saturated heterocycles. The summed E-state index contributed by atoms with van der Waals surface area (Å²) in [4.78, 5) is 63.4. The predicted molar refractivity (Wildman–Crippen MR) is 283 cm³/mol. The minimum absolute atomic E-state index is 0.267. The van der Waals surface area contributed by atoms with Gasteiger partial charge in [-0.15, -0.1) is 0 Å².